The molecule has 4 rings (SSSR count). The Balaban J connectivity index is 1.42. The van der Waals surface area contributed by atoms with Gasteiger partial charge in [-0.2, -0.15) is 4.73 Å². The van der Waals surface area contributed by atoms with Gasteiger partial charge >= 0.3 is 0 Å². The van der Waals surface area contributed by atoms with Crippen LogP contribution in [0.15, 0.2) is 41.2 Å². The largest absolute Gasteiger partial charge is 0.404 e. The van der Waals surface area contributed by atoms with Gasteiger partial charge in [-0.15, -0.1) is 0 Å². The lowest BCUT2D eigenvalue weighted by Crippen LogP contribution is -2.49. The summed E-state index contributed by atoms with van der Waals surface area (Å²) < 4.78 is 1.74. The van der Waals surface area contributed by atoms with Crippen molar-refractivity contribution in [3.63, 3.8) is 0 Å². The summed E-state index contributed by atoms with van der Waals surface area (Å²) in [5.41, 5.74) is 2.27. The number of hydrogen-bond acceptors (Lipinski definition) is 4. The quantitative estimate of drug-likeness (QED) is 0.307. The van der Waals surface area contributed by atoms with Crippen LogP contribution in [0.5, 0.6) is 0 Å². The standard InChI is InChI=1S/C31H45N3O3/c1-3-4-5-6-7-8-10-16-28-25(2)31(36)27-15-11-12-17-29(27)34(28)37-24-30(35)33-22-18-26(19-23-33)32-20-13-9-14-21-32/h8,10-12,15,17,26H,3-7,9,13-14,16,18-24H2,1-2H3/b10-8+. The summed E-state index contributed by atoms with van der Waals surface area (Å²) in [5.74, 6) is 0.0231. The molecule has 0 aliphatic carbocycles. The zero-order chi connectivity index (χ0) is 26.0. The number of fused-ring (bicyclic) bond motifs is 1. The Labute approximate surface area is 222 Å². The number of hydrogen-bond donors (Lipinski definition) is 0. The number of nitrogens with zero attached hydrogens (tertiary/aromatic N) is 3. The van der Waals surface area contributed by atoms with Crippen molar-refractivity contribution in [3.05, 3.63) is 57.9 Å². The summed E-state index contributed by atoms with van der Waals surface area (Å²) in [7, 11) is 0. The summed E-state index contributed by atoms with van der Waals surface area (Å²) in [6.45, 7) is 8.06. The van der Waals surface area contributed by atoms with E-state index in [9.17, 15) is 9.59 Å². The zero-order valence-electron chi connectivity index (χ0n) is 22.9. The maximum absolute atomic E-state index is 13.1. The number of benzene rings is 1. The third kappa shape index (κ3) is 7.04. The highest BCUT2D eigenvalue weighted by Gasteiger charge is 2.28. The summed E-state index contributed by atoms with van der Waals surface area (Å²) >= 11 is 0. The Morgan fingerprint density at radius 2 is 1.76 bits per heavy atom. The van der Waals surface area contributed by atoms with E-state index in [0.29, 0.717) is 23.4 Å². The van der Waals surface area contributed by atoms with Crippen molar-refractivity contribution in [2.75, 3.05) is 32.8 Å². The van der Waals surface area contributed by atoms with Crippen LogP contribution in [-0.4, -0.2) is 59.3 Å². The molecule has 6 nitrogen and oxygen atoms in total. The minimum absolute atomic E-state index is 0.0194. The molecule has 37 heavy (non-hydrogen) atoms. The van der Waals surface area contributed by atoms with Gasteiger partial charge in [-0.3, -0.25) is 9.59 Å². The third-order valence-corrected chi connectivity index (χ3v) is 8.13. The highest BCUT2D eigenvalue weighted by molar-refractivity contribution is 5.80. The van der Waals surface area contributed by atoms with Crippen molar-refractivity contribution < 1.29 is 9.63 Å². The molecule has 0 N–H and O–H groups in total. The Morgan fingerprint density at radius 3 is 2.51 bits per heavy atom. The molecule has 0 unspecified atom stereocenters. The maximum Gasteiger partial charge on any atom is 0.263 e. The van der Waals surface area contributed by atoms with Crippen LogP contribution in [0, 0.1) is 6.92 Å². The number of likely N-dealkylation sites (tertiary alicyclic amines) is 2. The Bertz CT molecular complexity index is 1110. The van der Waals surface area contributed by atoms with Gasteiger partial charge in [0.25, 0.3) is 5.91 Å². The maximum atomic E-state index is 13.1. The predicted octanol–water partition coefficient (Wildman–Crippen LogP) is 5.28. The first kappa shape index (κ1) is 27.4. The normalized spacial score (nSPS) is 17.6. The third-order valence-electron chi connectivity index (χ3n) is 8.13. The fourth-order valence-corrected chi connectivity index (χ4v) is 5.83. The van der Waals surface area contributed by atoms with Crippen LogP contribution in [0.2, 0.25) is 0 Å². The van der Waals surface area contributed by atoms with E-state index in [2.05, 4.69) is 24.0 Å². The molecule has 0 atom stereocenters. The highest BCUT2D eigenvalue weighted by Crippen LogP contribution is 2.21. The number of aromatic nitrogens is 1. The van der Waals surface area contributed by atoms with E-state index in [-0.39, 0.29) is 17.9 Å². The molecular formula is C31H45N3O3. The van der Waals surface area contributed by atoms with Crippen LogP contribution in [-0.2, 0) is 11.2 Å². The van der Waals surface area contributed by atoms with Crippen LogP contribution < -0.4 is 10.3 Å². The molecule has 0 spiro atoms. The molecule has 202 valence electrons. The first-order chi connectivity index (χ1) is 18.1. The van der Waals surface area contributed by atoms with E-state index in [1.54, 1.807) is 4.73 Å². The second-order valence-electron chi connectivity index (χ2n) is 10.7. The van der Waals surface area contributed by atoms with Crippen LogP contribution in [0.1, 0.15) is 82.4 Å². The molecule has 6 heteroatoms. The fraction of sp³-hybridized carbons (Fsp3) is 0.613. The molecule has 2 fully saturated rings. The molecule has 1 amide bonds. The van der Waals surface area contributed by atoms with E-state index in [1.807, 2.05) is 36.1 Å². The minimum atomic E-state index is -0.0194. The van der Waals surface area contributed by atoms with E-state index in [0.717, 1.165) is 43.6 Å². The number of rotatable bonds is 11. The van der Waals surface area contributed by atoms with Gasteiger partial charge < -0.3 is 14.6 Å². The Morgan fingerprint density at radius 1 is 1.00 bits per heavy atom. The summed E-state index contributed by atoms with van der Waals surface area (Å²) in [6, 6.07) is 8.14. The molecule has 1 aromatic carbocycles. The number of piperidine rings is 2. The average Bonchev–Trinajstić information content (AvgIpc) is 2.95. The number of carbonyl (C=O) groups is 1. The SMILES string of the molecule is CCCCCC/C=C/Cc1c(C)c(=O)c2ccccc2n1OCC(=O)N1CCC(N2CCCCC2)CC1. The van der Waals surface area contributed by atoms with Crippen LogP contribution in [0.4, 0.5) is 0 Å². The number of unbranched alkanes of at least 4 members (excludes halogenated alkanes) is 4. The van der Waals surface area contributed by atoms with E-state index in [4.69, 9.17) is 4.84 Å². The van der Waals surface area contributed by atoms with Crippen molar-refractivity contribution >= 4 is 16.8 Å². The lowest BCUT2D eigenvalue weighted by atomic mass is 10.00. The first-order valence-corrected chi connectivity index (χ1v) is 14.5. The predicted molar refractivity (Wildman–Crippen MR) is 151 cm³/mol. The molecule has 2 saturated heterocycles. The van der Waals surface area contributed by atoms with Crippen molar-refractivity contribution in [1.29, 1.82) is 0 Å². The molecule has 2 aromatic rings. The number of carbonyl (C=O) groups excluding carboxylic acids is 1. The van der Waals surface area contributed by atoms with Crippen molar-refractivity contribution in [2.45, 2.75) is 90.5 Å². The molecule has 2 aliphatic rings. The number of allylic oxidation sites excluding steroid dienone is 2. The van der Waals surface area contributed by atoms with Gasteiger partial charge in [0.2, 0.25) is 0 Å². The van der Waals surface area contributed by atoms with Crippen molar-refractivity contribution in [3.8, 4) is 0 Å². The van der Waals surface area contributed by atoms with Crippen LogP contribution in [0.3, 0.4) is 0 Å². The molecule has 0 radical (unpaired) electrons. The molecule has 1 aromatic heterocycles. The molecule has 0 bridgehead atoms. The molecule has 0 saturated carbocycles. The van der Waals surface area contributed by atoms with Gasteiger partial charge in [0, 0.05) is 36.5 Å². The summed E-state index contributed by atoms with van der Waals surface area (Å²) in [5, 5.41) is 0.627. The number of pyridine rings is 1. The Hall–Kier alpha value is -2.60. The summed E-state index contributed by atoms with van der Waals surface area (Å²) in [6.07, 6.45) is 17.0. The molecular weight excluding hydrogens is 462 g/mol. The van der Waals surface area contributed by atoms with Gasteiger partial charge in [-0.05, 0) is 70.7 Å². The van der Waals surface area contributed by atoms with Crippen molar-refractivity contribution in [2.24, 2.45) is 0 Å². The number of para-hydroxylation sites is 1. The van der Waals surface area contributed by atoms with E-state index >= 15 is 0 Å². The topological polar surface area (TPSA) is 54.8 Å². The van der Waals surface area contributed by atoms with E-state index < -0.39 is 0 Å². The molecule has 2 aliphatic heterocycles. The van der Waals surface area contributed by atoms with E-state index in [1.165, 1.54) is 58.0 Å². The summed E-state index contributed by atoms with van der Waals surface area (Å²) in [4.78, 5) is 37.0. The van der Waals surface area contributed by atoms with Crippen LogP contribution >= 0.6 is 0 Å². The fourth-order valence-electron chi connectivity index (χ4n) is 5.83. The Kier molecular flexibility index (Phi) is 10.2. The number of amides is 1. The van der Waals surface area contributed by atoms with Gasteiger partial charge in [0.1, 0.15) is 0 Å². The van der Waals surface area contributed by atoms with Gasteiger partial charge in [-0.1, -0.05) is 56.9 Å². The monoisotopic (exact) mass is 507 g/mol. The first-order valence-electron chi connectivity index (χ1n) is 14.5. The molecule has 3 heterocycles. The smallest absolute Gasteiger partial charge is 0.263 e. The van der Waals surface area contributed by atoms with Gasteiger partial charge in [0.05, 0.1) is 11.2 Å². The lowest BCUT2D eigenvalue weighted by molar-refractivity contribution is -0.137. The highest BCUT2D eigenvalue weighted by atomic mass is 16.7. The average molecular weight is 508 g/mol. The second kappa shape index (κ2) is 13.8. The van der Waals surface area contributed by atoms with Gasteiger partial charge in [-0.25, -0.2) is 0 Å². The second-order valence-corrected chi connectivity index (χ2v) is 10.7. The minimum Gasteiger partial charge on any atom is -0.404 e. The van der Waals surface area contributed by atoms with Crippen molar-refractivity contribution in [1.82, 2.24) is 14.5 Å². The van der Waals surface area contributed by atoms with Crippen LogP contribution in [0.25, 0.3) is 10.9 Å². The zero-order valence-corrected chi connectivity index (χ0v) is 22.9. The lowest BCUT2D eigenvalue weighted by Gasteiger charge is -2.40. The van der Waals surface area contributed by atoms with Gasteiger partial charge in [0.15, 0.2) is 12.0 Å².